The average Bonchev–Trinajstić information content (AvgIpc) is 2.98. The number of hydrogen-bond acceptors (Lipinski definition) is 4. The van der Waals surface area contributed by atoms with Crippen LogP contribution < -0.4 is 5.73 Å². The highest BCUT2D eigenvalue weighted by molar-refractivity contribution is 7.10. The molecule has 0 aromatic carbocycles. The molecule has 1 aliphatic heterocycles. The molecule has 1 saturated heterocycles. The van der Waals surface area contributed by atoms with Gasteiger partial charge in [0.15, 0.2) is 0 Å². The summed E-state index contributed by atoms with van der Waals surface area (Å²) in [5.74, 6) is 0.437. The lowest BCUT2D eigenvalue weighted by Crippen LogP contribution is -2.36. The van der Waals surface area contributed by atoms with Gasteiger partial charge in [0.25, 0.3) is 0 Å². The quantitative estimate of drug-likeness (QED) is 0.841. The number of aliphatic hydroxyl groups is 1. The molecule has 0 aliphatic carbocycles. The average molecular weight is 254 g/mol. The Morgan fingerprint density at radius 3 is 3.18 bits per heavy atom. The van der Waals surface area contributed by atoms with Gasteiger partial charge in [-0.25, -0.2) is 0 Å². The van der Waals surface area contributed by atoms with E-state index >= 15 is 0 Å². The summed E-state index contributed by atoms with van der Waals surface area (Å²) in [4.78, 5) is 14.9. The minimum absolute atomic E-state index is 0.00731. The summed E-state index contributed by atoms with van der Waals surface area (Å²) in [5, 5.41) is 10.8. The minimum Gasteiger partial charge on any atom is -0.396 e. The molecule has 0 radical (unpaired) electrons. The largest absolute Gasteiger partial charge is 0.396 e. The van der Waals surface area contributed by atoms with Crippen molar-refractivity contribution in [3.8, 4) is 0 Å². The number of rotatable bonds is 4. The van der Waals surface area contributed by atoms with Crippen LogP contribution >= 0.6 is 11.3 Å². The first kappa shape index (κ1) is 12.5. The molecule has 1 aromatic heterocycles. The van der Waals surface area contributed by atoms with Crippen LogP contribution in [0, 0.1) is 5.92 Å². The summed E-state index contributed by atoms with van der Waals surface area (Å²) in [6.45, 7) is 1.70. The van der Waals surface area contributed by atoms with Gasteiger partial charge in [-0.1, -0.05) is 6.07 Å². The van der Waals surface area contributed by atoms with Crippen molar-refractivity contribution in [3.05, 3.63) is 22.4 Å². The predicted octanol–water partition coefficient (Wildman–Crippen LogP) is 0.979. The topological polar surface area (TPSA) is 66.6 Å². The van der Waals surface area contributed by atoms with Gasteiger partial charge in [-0.3, -0.25) is 4.79 Å². The summed E-state index contributed by atoms with van der Waals surface area (Å²) in [5.41, 5.74) is 5.95. The Balaban J connectivity index is 1.93. The molecule has 1 amide bonds. The van der Waals surface area contributed by atoms with Gasteiger partial charge >= 0.3 is 0 Å². The molecule has 1 aliphatic rings. The van der Waals surface area contributed by atoms with E-state index in [4.69, 9.17) is 10.8 Å². The number of carbonyl (C=O) groups excluding carboxylic acids is 1. The molecule has 5 heteroatoms. The Bertz CT molecular complexity index is 367. The molecule has 2 unspecified atom stereocenters. The fraction of sp³-hybridized carbons (Fsp3) is 0.583. The van der Waals surface area contributed by atoms with E-state index in [1.165, 1.54) is 11.3 Å². The van der Waals surface area contributed by atoms with Gasteiger partial charge in [-0.2, -0.15) is 0 Å². The van der Waals surface area contributed by atoms with Gasteiger partial charge in [0.05, 0.1) is 0 Å². The van der Waals surface area contributed by atoms with Crippen LogP contribution in [0.15, 0.2) is 17.5 Å². The molecular weight excluding hydrogens is 236 g/mol. The monoisotopic (exact) mass is 254 g/mol. The lowest BCUT2D eigenvalue weighted by Gasteiger charge is -2.20. The fourth-order valence-corrected chi connectivity index (χ4v) is 2.96. The van der Waals surface area contributed by atoms with E-state index in [0.29, 0.717) is 5.92 Å². The highest BCUT2D eigenvalue weighted by Gasteiger charge is 2.29. The van der Waals surface area contributed by atoms with E-state index in [9.17, 15) is 4.79 Å². The van der Waals surface area contributed by atoms with Gasteiger partial charge in [-0.05, 0) is 30.2 Å². The molecule has 0 saturated carbocycles. The summed E-state index contributed by atoms with van der Waals surface area (Å²) < 4.78 is 0. The standard InChI is InChI=1S/C12H18N2O2S/c13-11(10-2-1-7-17-10)12(16)14-5-3-9(8-14)4-6-15/h1-2,7,9,11,15H,3-6,8,13H2. The first-order chi connectivity index (χ1) is 8.22. The van der Waals surface area contributed by atoms with E-state index in [2.05, 4.69) is 0 Å². The van der Waals surface area contributed by atoms with E-state index in [1.54, 1.807) is 0 Å². The van der Waals surface area contributed by atoms with E-state index in [-0.39, 0.29) is 12.5 Å². The van der Waals surface area contributed by atoms with E-state index in [0.717, 1.165) is 30.8 Å². The van der Waals surface area contributed by atoms with Crippen LogP contribution in [0.1, 0.15) is 23.8 Å². The number of thiophene rings is 1. The molecular formula is C12H18N2O2S. The van der Waals surface area contributed by atoms with Crippen molar-refractivity contribution in [2.24, 2.45) is 11.7 Å². The van der Waals surface area contributed by atoms with Gasteiger partial charge in [0, 0.05) is 24.6 Å². The first-order valence-corrected chi connectivity index (χ1v) is 6.79. The highest BCUT2D eigenvalue weighted by atomic mass is 32.1. The molecule has 4 nitrogen and oxygen atoms in total. The molecule has 2 rings (SSSR count). The molecule has 94 valence electrons. The Morgan fingerprint density at radius 2 is 2.53 bits per heavy atom. The second kappa shape index (κ2) is 5.62. The molecule has 1 fully saturated rings. The Labute approximate surface area is 105 Å². The van der Waals surface area contributed by atoms with E-state index < -0.39 is 6.04 Å². The Morgan fingerprint density at radius 1 is 1.71 bits per heavy atom. The Hall–Kier alpha value is -0.910. The van der Waals surface area contributed by atoms with Gasteiger partial charge < -0.3 is 15.7 Å². The SMILES string of the molecule is NC(C(=O)N1CCC(CCO)C1)c1cccs1. The van der Waals surface area contributed by atoms with Gasteiger partial charge in [0.2, 0.25) is 5.91 Å². The van der Waals surface area contributed by atoms with Crippen molar-refractivity contribution in [1.29, 1.82) is 0 Å². The second-order valence-electron chi connectivity index (χ2n) is 4.44. The number of nitrogens with zero attached hydrogens (tertiary/aromatic N) is 1. The maximum absolute atomic E-state index is 12.1. The number of amides is 1. The summed E-state index contributed by atoms with van der Waals surface area (Å²) in [7, 11) is 0. The predicted molar refractivity (Wildman–Crippen MR) is 67.6 cm³/mol. The zero-order chi connectivity index (χ0) is 12.3. The Kier molecular flexibility index (Phi) is 4.15. The number of hydrogen-bond donors (Lipinski definition) is 2. The van der Waals surface area contributed by atoms with Crippen LogP contribution in [-0.4, -0.2) is 35.6 Å². The zero-order valence-corrected chi connectivity index (χ0v) is 10.5. The molecule has 0 spiro atoms. The second-order valence-corrected chi connectivity index (χ2v) is 5.42. The van der Waals surface area contributed by atoms with Gasteiger partial charge in [0.1, 0.15) is 6.04 Å². The van der Waals surface area contributed by atoms with E-state index in [1.807, 2.05) is 22.4 Å². The van der Waals surface area contributed by atoms with Crippen molar-refractivity contribution in [2.45, 2.75) is 18.9 Å². The van der Waals surface area contributed by atoms with Crippen LogP contribution in [0.2, 0.25) is 0 Å². The van der Waals surface area contributed by atoms with Crippen LogP contribution in [-0.2, 0) is 4.79 Å². The smallest absolute Gasteiger partial charge is 0.244 e. The molecule has 1 aromatic rings. The first-order valence-electron chi connectivity index (χ1n) is 5.91. The molecule has 17 heavy (non-hydrogen) atoms. The fourth-order valence-electron chi connectivity index (χ4n) is 2.24. The molecule has 0 bridgehead atoms. The maximum atomic E-state index is 12.1. The maximum Gasteiger partial charge on any atom is 0.244 e. The van der Waals surface area contributed by atoms with Crippen LogP contribution in [0.3, 0.4) is 0 Å². The minimum atomic E-state index is -0.525. The lowest BCUT2D eigenvalue weighted by molar-refractivity contribution is -0.131. The van der Waals surface area contributed by atoms with Crippen molar-refractivity contribution in [3.63, 3.8) is 0 Å². The van der Waals surface area contributed by atoms with Crippen LogP contribution in [0.5, 0.6) is 0 Å². The molecule has 2 atom stereocenters. The number of nitrogens with two attached hydrogens (primary N) is 1. The number of carbonyl (C=O) groups is 1. The summed E-state index contributed by atoms with van der Waals surface area (Å²) >= 11 is 1.52. The molecule has 3 N–H and O–H groups in total. The normalized spacial score (nSPS) is 21.8. The van der Waals surface area contributed by atoms with Gasteiger partial charge in [-0.15, -0.1) is 11.3 Å². The number of aliphatic hydroxyl groups excluding tert-OH is 1. The van der Waals surface area contributed by atoms with Crippen molar-refractivity contribution in [1.82, 2.24) is 4.90 Å². The summed E-state index contributed by atoms with van der Waals surface area (Å²) in [6.07, 6.45) is 1.75. The van der Waals surface area contributed by atoms with Crippen molar-refractivity contribution in [2.75, 3.05) is 19.7 Å². The highest BCUT2D eigenvalue weighted by Crippen LogP contribution is 2.24. The summed E-state index contributed by atoms with van der Waals surface area (Å²) in [6, 6.07) is 3.28. The van der Waals surface area contributed by atoms with Crippen LogP contribution in [0.4, 0.5) is 0 Å². The third kappa shape index (κ3) is 2.86. The third-order valence-corrected chi connectivity index (χ3v) is 4.21. The third-order valence-electron chi connectivity index (χ3n) is 3.25. The lowest BCUT2D eigenvalue weighted by atomic mass is 10.1. The van der Waals surface area contributed by atoms with Crippen molar-refractivity contribution < 1.29 is 9.90 Å². The van der Waals surface area contributed by atoms with Crippen molar-refractivity contribution >= 4 is 17.2 Å². The number of likely N-dealkylation sites (tertiary alicyclic amines) is 1. The molecule has 2 heterocycles. The zero-order valence-electron chi connectivity index (χ0n) is 9.71. The van der Waals surface area contributed by atoms with Crippen LogP contribution in [0.25, 0.3) is 0 Å².